The van der Waals surface area contributed by atoms with E-state index in [-0.39, 0.29) is 6.04 Å². The van der Waals surface area contributed by atoms with E-state index >= 15 is 0 Å². The first-order valence-corrected chi connectivity index (χ1v) is 6.63. The highest BCUT2D eigenvalue weighted by Gasteiger charge is 2.11. The summed E-state index contributed by atoms with van der Waals surface area (Å²) in [6.07, 6.45) is 1.58. The Bertz CT molecular complexity index is 600. The number of aromatic nitrogens is 2. The molecule has 0 aliphatic rings. The number of fused-ring (bicyclic) bond motifs is 1. The zero-order valence-corrected chi connectivity index (χ0v) is 10.8. The van der Waals surface area contributed by atoms with Crippen LogP contribution in [0.3, 0.4) is 0 Å². The highest BCUT2D eigenvalue weighted by molar-refractivity contribution is 7.18. The molecule has 3 rings (SSSR count). The molecule has 0 saturated heterocycles. The molecule has 0 amide bonds. The number of hydrogen-bond acceptors (Lipinski definition) is 5. The zero-order valence-electron chi connectivity index (χ0n) is 9.96. The molecule has 0 aliphatic heterocycles. The van der Waals surface area contributed by atoms with Gasteiger partial charge in [-0.2, -0.15) is 0 Å². The average molecular weight is 259 g/mol. The second kappa shape index (κ2) is 4.88. The molecule has 1 atom stereocenters. The van der Waals surface area contributed by atoms with Crippen LogP contribution >= 0.6 is 11.3 Å². The van der Waals surface area contributed by atoms with E-state index in [9.17, 15) is 0 Å². The Morgan fingerprint density at radius 3 is 3.00 bits per heavy atom. The van der Waals surface area contributed by atoms with Crippen molar-refractivity contribution in [2.24, 2.45) is 0 Å². The smallest absolute Gasteiger partial charge is 0.124 e. The van der Waals surface area contributed by atoms with Gasteiger partial charge in [0.25, 0.3) is 0 Å². The van der Waals surface area contributed by atoms with Crippen molar-refractivity contribution in [3.8, 4) is 0 Å². The Hall–Kier alpha value is -1.72. The van der Waals surface area contributed by atoms with Crippen LogP contribution in [0.2, 0.25) is 0 Å². The molecule has 92 valence electrons. The van der Waals surface area contributed by atoms with Crippen molar-refractivity contribution in [1.29, 1.82) is 0 Å². The molecule has 3 aromatic rings. The molecule has 1 aromatic carbocycles. The van der Waals surface area contributed by atoms with Crippen LogP contribution in [0.5, 0.6) is 0 Å². The molecule has 5 heteroatoms. The standard InChI is InChI=1S/C13H13N3OS/c1-9(14-8-10-6-7-17-16-10)13-15-11-4-2-3-5-12(11)18-13/h2-7,9,14H,8H2,1H3. The molecule has 1 unspecified atom stereocenters. The van der Waals surface area contributed by atoms with Gasteiger partial charge in [-0.3, -0.25) is 0 Å². The highest BCUT2D eigenvalue weighted by atomic mass is 32.1. The molecule has 2 heterocycles. The minimum atomic E-state index is 0.207. The monoisotopic (exact) mass is 259 g/mol. The summed E-state index contributed by atoms with van der Waals surface area (Å²) < 4.78 is 6.02. The maximum Gasteiger partial charge on any atom is 0.124 e. The van der Waals surface area contributed by atoms with Crippen LogP contribution in [0, 0.1) is 0 Å². The molecular weight excluding hydrogens is 246 g/mol. The maximum absolute atomic E-state index is 4.80. The topological polar surface area (TPSA) is 51.0 Å². The van der Waals surface area contributed by atoms with Crippen LogP contribution in [0.1, 0.15) is 23.7 Å². The summed E-state index contributed by atoms with van der Waals surface area (Å²) in [5, 5.41) is 8.35. The van der Waals surface area contributed by atoms with Gasteiger partial charge in [-0.25, -0.2) is 4.98 Å². The fourth-order valence-electron chi connectivity index (χ4n) is 1.75. The van der Waals surface area contributed by atoms with E-state index < -0.39 is 0 Å². The van der Waals surface area contributed by atoms with E-state index in [0.29, 0.717) is 6.54 Å². The van der Waals surface area contributed by atoms with E-state index in [4.69, 9.17) is 4.52 Å². The van der Waals surface area contributed by atoms with Crippen molar-refractivity contribution in [2.45, 2.75) is 19.5 Å². The quantitative estimate of drug-likeness (QED) is 0.782. The SMILES string of the molecule is CC(NCc1ccon1)c1nc2ccccc2s1. The molecule has 4 nitrogen and oxygen atoms in total. The minimum absolute atomic E-state index is 0.207. The Labute approximate surface area is 109 Å². The van der Waals surface area contributed by atoms with E-state index in [1.54, 1.807) is 17.6 Å². The third-order valence-corrected chi connectivity index (χ3v) is 3.98. The van der Waals surface area contributed by atoms with E-state index in [2.05, 4.69) is 28.4 Å². The van der Waals surface area contributed by atoms with E-state index in [1.807, 2.05) is 24.3 Å². The molecule has 0 spiro atoms. The summed E-state index contributed by atoms with van der Waals surface area (Å²) in [6, 6.07) is 10.3. The summed E-state index contributed by atoms with van der Waals surface area (Å²) in [5.74, 6) is 0. The third kappa shape index (κ3) is 2.27. The fourth-order valence-corrected chi connectivity index (χ4v) is 2.74. The Balaban J connectivity index is 1.73. The van der Waals surface area contributed by atoms with Crippen LogP contribution in [0.15, 0.2) is 41.1 Å². The number of nitrogens with one attached hydrogen (secondary N) is 1. The summed E-state index contributed by atoms with van der Waals surface area (Å²) >= 11 is 1.73. The lowest BCUT2D eigenvalue weighted by Crippen LogP contribution is -2.17. The lowest BCUT2D eigenvalue weighted by Gasteiger charge is -2.08. The van der Waals surface area contributed by atoms with Gasteiger partial charge in [-0.1, -0.05) is 17.3 Å². The number of hydrogen-bond donors (Lipinski definition) is 1. The van der Waals surface area contributed by atoms with Crippen molar-refractivity contribution in [1.82, 2.24) is 15.5 Å². The van der Waals surface area contributed by atoms with Gasteiger partial charge in [-0.05, 0) is 19.1 Å². The van der Waals surface area contributed by atoms with Crippen molar-refractivity contribution >= 4 is 21.6 Å². The lowest BCUT2D eigenvalue weighted by atomic mass is 10.3. The van der Waals surface area contributed by atoms with Crippen LogP contribution in [-0.4, -0.2) is 10.1 Å². The molecule has 0 radical (unpaired) electrons. The molecule has 18 heavy (non-hydrogen) atoms. The largest absolute Gasteiger partial charge is 0.364 e. The number of benzene rings is 1. The van der Waals surface area contributed by atoms with Crippen LogP contribution in [0.4, 0.5) is 0 Å². The predicted octanol–water partition coefficient (Wildman–Crippen LogP) is 3.14. The Morgan fingerprint density at radius 2 is 2.22 bits per heavy atom. The summed E-state index contributed by atoms with van der Waals surface area (Å²) in [4.78, 5) is 4.62. The van der Waals surface area contributed by atoms with Crippen molar-refractivity contribution in [2.75, 3.05) is 0 Å². The molecular formula is C13H13N3OS. The van der Waals surface area contributed by atoms with Gasteiger partial charge in [0, 0.05) is 12.6 Å². The van der Waals surface area contributed by atoms with Crippen LogP contribution < -0.4 is 5.32 Å². The number of rotatable bonds is 4. The second-order valence-electron chi connectivity index (χ2n) is 4.11. The average Bonchev–Trinajstić information content (AvgIpc) is 3.04. The number of nitrogens with zero attached hydrogens (tertiary/aromatic N) is 2. The summed E-state index contributed by atoms with van der Waals surface area (Å²) in [6.45, 7) is 2.80. The normalized spacial score (nSPS) is 12.9. The first kappa shape index (κ1) is 11.4. The van der Waals surface area contributed by atoms with Gasteiger partial charge in [0.05, 0.1) is 22.0 Å². The first-order chi connectivity index (χ1) is 8.83. The van der Waals surface area contributed by atoms with Gasteiger partial charge in [-0.15, -0.1) is 11.3 Å². The zero-order chi connectivity index (χ0) is 12.4. The van der Waals surface area contributed by atoms with Gasteiger partial charge in [0.2, 0.25) is 0 Å². The van der Waals surface area contributed by atoms with E-state index in [0.717, 1.165) is 16.2 Å². The Morgan fingerprint density at radius 1 is 1.33 bits per heavy atom. The molecule has 0 fully saturated rings. The first-order valence-electron chi connectivity index (χ1n) is 5.81. The van der Waals surface area contributed by atoms with Crippen molar-refractivity contribution < 1.29 is 4.52 Å². The minimum Gasteiger partial charge on any atom is -0.364 e. The molecule has 0 bridgehead atoms. The highest BCUT2D eigenvalue weighted by Crippen LogP contribution is 2.26. The molecule has 2 aromatic heterocycles. The van der Waals surface area contributed by atoms with E-state index in [1.165, 1.54) is 4.70 Å². The predicted molar refractivity (Wildman–Crippen MR) is 71.4 cm³/mol. The summed E-state index contributed by atoms with van der Waals surface area (Å²) in [5.41, 5.74) is 1.97. The van der Waals surface area contributed by atoms with Gasteiger partial charge < -0.3 is 9.84 Å². The van der Waals surface area contributed by atoms with Crippen LogP contribution in [-0.2, 0) is 6.54 Å². The second-order valence-corrected chi connectivity index (χ2v) is 5.18. The Kier molecular flexibility index (Phi) is 3.08. The van der Waals surface area contributed by atoms with Gasteiger partial charge in [0.1, 0.15) is 11.3 Å². The number of thiazole rings is 1. The summed E-state index contributed by atoms with van der Waals surface area (Å²) in [7, 11) is 0. The number of para-hydroxylation sites is 1. The van der Waals surface area contributed by atoms with Crippen LogP contribution in [0.25, 0.3) is 10.2 Å². The molecule has 1 N–H and O–H groups in total. The molecule has 0 saturated carbocycles. The third-order valence-electron chi connectivity index (χ3n) is 2.76. The van der Waals surface area contributed by atoms with Gasteiger partial charge in [0.15, 0.2) is 0 Å². The maximum atomic E-state index is 4.80. The van der Waals surface area contributed by atoms with Gasteiger partial charge >= 0.3 is 0 Å². The lowest BCUT2D eigenvalue weighted by molar-refractivity contribution is 0.406. The fraction of sp³-hybridized carbons (Fsp3) is 0.231. The van der Waals surface area contributed by atoms with Crippen molar-refractivity contribution in [3.63, 3.8) is 0 Å². The molecule has 0 aliphatic carbocycles. The van der Waals surface area contributed by atoms with Crippen molar-refractivity contribution in [3.05, 3.63) is 47.3 Å².